The number of rotatable bonds is 5. The Morgan fingerprint density at radius 3 is 2.44 bits per heavy atom. The topological polar surface area (TPSA) is 86.8 Å². The monoisotopic (exact) mass is 501 g/mol. The minimum absolute atomic E-state index is 0.143. The zero-order valence-electron chi connectivity index (χ0n) is 18.6. The Kier molecular flexibility index (Phi) is 6.58. The zero-order valence-corrected chi connectivity index (χ0v) is 19.3. The summed E-state index contributed by atoms with van der Waals surface area (Å²) in [6.45, 7) is -0.181. The summed E-state index contributed by atoms with van der Waals surface area (Å²) in [5, 5.41) is 2.29. The van der Waals surface area contributed by atoms with E-state index in [-0.39, 0.29) is 33.9 Å². The molecule has 8 radical (unpaired) electrons. The number of carbonyl (C=O) groups is 4. The highest BCUT2D eigenvalue weighted by Crippen LogP contribution is 2.38. The van der Waals surface area contributed by atoms with Gasteiger partial charge in [-0.2, -0.15) is 8.78 Å². The molecular formula is C22H14B4ClF2N3O4. The van der Waals surface area contributed by atoms with E-state index in [2.05, 4.69) is 5.32 Å². The molecule has 7 nitrogen and oxygen atoms in total. The lowest BCUT2D eigenvalue weighted by atomic mass is 9.56. The lowest BCUT2D eigenvalue weighted by molar-refractivity contribution is -0.154. The maximum Gasteiger partial charge on any atom is 0.348 e. The lowest BCUT2D eigenvalue weighted by Gasteiger charge is -2.45. The molecule has 0 aliphatic carbocycles. The van der Waals surface area contributed by atoms with Crippen molar-refractivity contribution in [2.24, 2.45) is 0 Å². The van der Waals surface area contributed by atoms with Crippen LogP contribution in [0.15, 0.2) is 42.5 Å². The van der Waals surface area contributed by atoms with Crippen LogP contribution < -0.4 is 5.32 Å². The Morgan fingerprint density at radius 1 is 1.19 bits per heavy atom. The van der Waals surface area contributed by atoms with Crippen LogP contribution in [0.4, 0.5) is 8.78 Å². The second kappa shape index (κ2) is 9.10. The quantitative estimate of drug-likeness (QED) is 0.491. The van der Waals surface area contributed by atoms with Crippen molar-refractivity contribution in [1.82, 2.24) is 15.0 Å². The molecule has 0 bridgehead atoms. The summed E-state index contributed by atoms with van der Waals surface area (Å²) >= 11 is 5.72. The number of nitrogens with zero attached hydrogens (tertiary/aromatic N) is 2. The van der Waals surface area contributed by atoms with Gasteiger partial charge in [0.05, 0.1) is 13.3 Å². The molecule has 1 fully saturated rings. The van der Waals surface area contributed by atoms with Crippen LogP contribution in [-0.2, 0) is 26.9 Å². The molecule has 36 heavy (non-hydrogen) atoms. The number of fused-ring (bicyclic) bond motifs is 1. The fraction of sp³-hybridized carbons (Fsp3) is 0.273. The summed E-state index contributed by atoms with van der Waals surface area (Å²) in [6, 6.07) is 8.50. The molecule has 0 saturated carbocycles. The first-order chi connectivity index (χ1) is 16.8. The number of piperidine rings is 1. The van der Waals surface area contributed by atoms with Gasteiger partial charge in [0.1, 0.15) is 15.7 Å². The molecule has 2 aromatic rings. The maximum atomic E-state index is 14.8. The Bertz CT molecular complexity index is 1280. The summed E-state index contributed by atoms with van der Waals surface area (Å²) in [5.74, 6) is -10.6. The Labute approximate surface area is 215 Å². The Morgan fingerprint density at radius 2 is 1.83 bits per heavy atom. The van der Waals surface area contributed by atoms with E-state index in [9.17, 15) is 28.0 Å². The number of alkyl halides is 2. The summed E-state index contributed by atoms with van der Waals surface area (Å²) in [4.78, 5) is 50.9. The van der Waals surface area contributed by atoms with Gasteiger partial charge in [-0.3, -0.25) is 24.5 Å². The molecule has 1 saturated heterocycles. The third-order valence-corrected chi connectivity index (χ3v) is 6.57. The Hall–Kier alpha value is -3.07. The fourth-order valence-electron chi connectivity index (χ4n) is 4.18. The van der Waals surface area contributed by atoms with E-state index in [0.717, 1.165) is 17.0 Å². The number of imide groups is 1. The molecule has 4 rings (SSSR count). The van der Waals surface area contributed by atoms with Crippen LogP contribution in [-0.4, -0.2) is 70.3 Å². The van der Waals surface area contributed by atoms with Crippen molar-refractivity contribution in [3.05, 3.63) is 69.7 Å². The van der Waals surface area contributed by atoms with Gasteiger partial charge < -0.3 is 9.71 Å². The van der Waals surface area contributed by atoms with Crippen LogP contribution in [0, 0.1) is 0 Å². The van der Waals surface area contributed by atoms with Gasteiger partial charge in [0, 0.05) is 35.1 Å². The number of hydrogen-bond acceptors (Lipinski definition) is 4. The SMILES string of the molecule is [B]C(c1ccc2c(c1)CN(C1([B])C(=O)NC(=O)CC1[B])C2=O)N([B])C(=O)C(F)(F)c1ccc(Cl)cc1. The molecule has 2 aromatic carbocycles. The first kappa shape index (κ1) is 26.0. The van der Waals surface area contributed by atoms with Crippen molar-refractivity contribution in [2.75, 3.05) is 0 Å². The number of amides is 4. The van der Waals surface area contributed by atoms with Crippen LogP contribution in [0.5, 0.6) is 0 Å². The third-order valence-electron chi connectivity index (χ3n) is 6.32. The highest BCUT2D eigenvalue weighted by atomic mass is 35.5. The molecule has 2 aliphatic rings. The van der Waals surface area contributed by atoms with Crippen molar-refractivity contribution < 1.29 is 28.0 Å². The highest BCUT2D eigenvalue weighted by Gasteiger charge is 2.51. The van der Waals surface area contributed by atoms with Crippen molar-refractivity contribution in [3.63, 3.8) is 0 Å². The van der Waals surface area contributed by atoms with Crippen molar-refractivity contribution in [3.8, 4) is 0 Å². The third kappa shape index (κ3) is 4.13. The molecular weight excluding hydrogens is 487 g/mol. The van der Waals surface area contributed by atoms with E-state index in [1.807, 2.05) is 0 Å². The van der Waals surface area contributed by atoms with E-state index >= 15 is 0 Å². The van der Waals surface area contributed by atoms with Crippen LogP contribution in [0.2, 0.25) is 10.8 Å². The molecule has 0 aromatic heterocycles. The van der Waals surface area contributed by atoms with Crippen LogP contribution >= 0.6 is 11.6 Å². The fourth-order valence-corrected chi connectivity index (χ4v) is 4.31. The van der Waals surface area contributed by atoms with Gasteiger partial charge in [-0.1, -0.05) is 35.9 Å². The number of halogens is 3. The van der Waals surface area contributed by atoms with Crippen LogP contribution in [0.1, 0.15) is 39.4 Å². The molecule has 2 aliphatic heterocycles. The average molecular weight is 501 g/mol. The van der Waals surface area contributed by atoms with E-state index in [0.29, 0.717) is 5.56 Å². The first-order valence-corrected chi connectivity index (χ1v) is 11.0. The molecule has 0 spiro atoms. The predicted molar refractivity (Wildman–Crippen MR) is 129 cm³/mol. The molecule has 3 atom stereocenters. The minimum Gasteiger partial charge on any atom is -0.393 e. The van der Waals surface area contributed by atoms with E-state index in [1.54, 1.807) is 0 Å². The highest BCUT2D eigenvalue weighted by molar-refractivity contribution is 6.38. The van der Waals surface area contributed by atoms with Crippen molar-refractivity contribution in [2.45, 2.75) is 36.1 Å². The van der Waals surface area contributed by atoms with Crippen LogP contribution in [0.3, 0.4) is 0 Å². The van der Waals surface area contributed by atoms with Gasteiger partial charge in [0.25, 0.3) is 11.8 Å². The minimum atomic E-state index is -3.99. The zero-order chi connectivity index (χ0) is 26.6. The molecule has 174 valence electrons. The standard InChI is InChI=1S/C22H14B4ClF2N3O4/c23-15-8-16(33)30-19(35)21(15,25)31-9-11-7-10(1-6-14(11)18(31)34)17(24)32(26)20(36)22(28,29)12-2-4-13(27)5-3-12/h1-7,15,17H,8-9H2,(H,30,33,35). The van der Waals surface area contributed by atoms with E-state index in [1.165, 1.54) is 30.3 Å². The largest absolute Gasteiger partial charge is 0.393 e. The number of nitrogens with one attached hydrogen (secondary N) is 1. The number of carbonyl (C=O) groups excluding carboxylic acids is 4. The average Bonchev–Trinajstić information content (AvgIpc) is 3.17. The summed E-state index contributed by atoms with van der Waals surface area (Å²) in [5.41, 5.74) is -1.97. The van der Waals surface area contributed by atoms with E-state index < -0.39 is 52.3 Å². The number of benzene rings is 2. The molecule has 3 unspecified atom stereocenters. The van der Waals surface area contributed by atoms with Gasteiger partial charge in [-0.25, -0.2) is 0 Å². The summed E-state index contributed by atoms with van der Waals surface area (Å²) < 4.78 is 29.5. The van der Waals surface area contributed by atoms with Gasteiger partial charge in [-0.05, 0) is 35.1 Å². The second-order valence-electron chi connectivity index (χ2n) is 8.56. The predicted octanol–water partition coefficient (Wildman–Crippen LogP) is 1.04. The van der Waals surface area contributed by atoms with Crippen molar-refractivity contribution >= 4 is 66.7 Å². The smallest absolute Gasteiger partial charge is 0.348 e. The van der Waals surface area contributed by atoms with Gasteiger partial charge in [0.2, 0.25) is 19.8 Å². The normalized spacial score (nSPS) is 22.7. The Balaban J connectivity index is 1.57. The van der Waals surface area contributed by atoms with E-state index in [4.69, 9.17) is 43.1 Å². The van der Waals surface area contributed by atoms with Gasteiger partial charge in [0.15, 0.2) is 0 Å². The lowest BCUT2D eigenvalue weighted by Crippen LogP contribution is -2.66. The summed E-state index contributed by atoms with van der Waals surface area (Å²) in [6.07, 6.45) is -0.273. The van der Waals surface area contributed by atoms with Crippen LogP contribution in [0.25, 0.3) is 0 Å². The first-order valence-electron chi connectivity index (χ1n) is 10.6. The van der Waals surface area contributed by atoms with Gasteiger partial charge >= 0.3 is 5.92 Å². The molecule has 2 heterocycles. The maximum absolute atomic E-state index is 14.8. The second-order valence-corrected chi connectivity index (χ2v) is 9.00. The molecule has 4 amide bonds. The molecule has 14 heteroatoms. The van der Waals surface area contributed by atoms with Crippen molar-refractivity contribution in [1.29, 1.82) is 0 Å². The number of hydrogen-bond donors (Lipinski definition) is 1. The molecule has 1 N–H and O–H groups in total. The van der Waals surface area contributed by atoms with Gasteiger partial charge in [-0.15, -0.1) is 0 Å². The summed E-state index contributed by atoms with van der Waals surface area (Å²) in [7, 11) is 23.9.